The number of ketones is 1. The van der Waals surface area contributed by atoms with Gasteiger partial charge >= 0.3 is 0 Å². The standard InChI is InChI=1S/C20H20ClN5O3/c1-24-9-3-7-14(24)18(27)16-15(12-5-2-6-13(21)11-12)17(26(28)29)20-23-8-4-10-25(20)19(16)22/h2-3,5-7,9,11,15-16,22-23H,4,8,10H2,1H3. The van der Waals surface area contributed by atoms with Crippen LogP contribution in [0.4, 0.5) is 0 Å². The Hall–Kier alpha value is -3.13. The largest absolute Gasteiger partial charge is 0.366 e. The third-order valence-corrected chi connectivity index (χ3v) is 5.70. The van der Waals surface area contributed by atoms with E-state index in [1.54, 1.807) is 59.1 Å². The number of allylic oxidation sites excluding steroid dienone is 1. The number of halogens is 1. The zero-order valence-electron chi connectivity index (χ0n) is 15.8. The molecule has 8 nitrogen and oxygen atoms in total. The number of hydrogen-bond acceptors (Lipinski definition) is 5. The van der Waals surface area contributed by atoms with Gasteiger partial charge in [0.25, 0.3) is 5.70 Å². The molecule has 2 N–H and O–H groups in total. The average molecular weight is 414 g/mol. The molecule has 1 fully saturated rings. The average Bonchev–Trinajstić information content (AvgIpc) is 3.13. The van der Waals surface area contributed by atoms with Crippen molar-refractivity contribution in [3.05, 3.63) is 80.5 Å². The Morgan fingerprint density at radius 1 is 1.34 bits per heavy atom. The number of Topliss-reactive ketones (excluding diaryl/α,β-unsaturated/α-hetero) is 1. The normalized spacial score (nSPS) is 21.6. The molecule has 0 spiro atoms. The minimum absolute atomic E-state index is 0.0639. The van der Waals surface area contributed by atoms with Gasteiger partial charge < -0.3 is 14.8 Å². The monoisotopic (exact) mass is 413 g/mol. The van der Waals surface area contributed by atoms with E-state index < -0.39 is 16.8 Å². The first-order chi connectivity index (χ1) is 13.9. The molecular weight excluding hydrogens is 394 g/mol. The van der Waals surface area contributed by atoms with E-state index in [4.69, 9.17) is 17.0 Å². The van der Waals surface area contributed by atoms with Gasteiger partial charge in [-0.15, -0.1) is 0 Å². The first kappa shape index (κ1) is 19.2. The highest BCUT2D eigenvalue weighted by Crippen LogP contribution is 2.42. The van der Waals surface area contributed by atoms with Gasteiger partial charge in [-0.1, -0.05) is 23.7 Å². The lowest BCUT2D eigenvalue weighted by atomic mass is 9.76. The van der Waals surface area contributed by atoms with E-state index in [-0.39, 0.29) is 17.3 Å². The zero-order valence-corrected chi connectivity index (χ0v) is 16.5. The maximum absolute atomic E-state index is 13.5. The molecule has 0 saturated carbocycles. The topological polar surface area (TPSA) is 104 Å². The number of benzene rings is 1. The van der Waals surface area contributed by atoms with Crippen LogP contribution in [0.3, 0.4) is 0 Å². The highest BCUT2D eigenvalue weighted by atomic mass is 35.5. The van der Waals surface area contributed by atoms with Gasteiger partial charge in [-0.3, -0.25) is 20.3 Å². The molecule has 29 heavy (non-hydrogen) atoms. The summed E-state index contributed by atoms with van der Waals surface area (Å²) in [5.74, 6) is -1.90. The number of fused-ring (bicyclic) bond motifs is 1. The summed E-state index contributed by atoms with van der Waals surface area (Å²) >= 11 is 6.16. The summed E-state index contributed by atoms with van der Waals surface area (Å²) in [6.45, 7) is 1.03. The summed E-state index contributed by atoms with van der Waals surface area (Å²) in [6, 6.07) is 10.1. The second-order valence-corrected chi connectivity index (χ2v) is 7.62. The van der Waals surface area contributed by atoms with E-state index in [0.29, 0.717) is 35.2 Å². The fourth-order valence-corrected chi connectivity index (χ4v) is 4.35. The van der Waals surface area contributed by atoms with E-state index in [1.165, 1.54) is 0 Å². The van der Waals surface area contributed by atoms with E-state index in [9.17, 15) is 14.9 Å². The van der Waals surface area contributed by atoms with Gasteiger partial charge in [-0.2, -0.15) is 0 Å². The van der Waals surface area contributed by atoms with Crippen molar-refractivity contribution in [1.29, 1.82) is 5.41 Å². The molecular formula is C20H20ClN5O3. The van der Waals surface area contributed by atoms with Crippen molar-refractivity contribution in [1.82, 2.24) is 14.8 Å². The molecule has 0 radical (unpaired) electrons. The molecule has 1 saturated heterocycles. The maximum Gasteiger partial charge on any atom is 0.294 e. The summed E-state index contributed by atoms with van der Waals surface area (Å²) in [6.07, 6.45) is 2.47. The van der Waals surface area contributed by atoms with E-state index in [2.05, 4.69) is 5.32 Å². The summed E-state index contributed by atoms with van der Waals surface area (Å²) in [5.41, 5.74) is 0.847. The van der Waals surface area contributed by atoms with Crippen molar-refractivity contribution < 1.29 is 9.72 Å². The summed E-state index contributed by atoms with van der Waals surface area (Å²) in [7, 11) is 1.74. The second-order valence-electron chi connectivity index (χ2n) is 7.19. The van der Waals surface area contributed by atoms with E-state index >= 15 is 0 Å². The fraction of sp³-hybridized carbons (Fsp3) is 0.300. The van der Waals surface area contributed by atoms with Crippen molar-refractivity contribution >= 4 is 23.2 Å². The molecule has 2 unspecified atom stereocenters. The van der Waals surface area contributed by atoms with Gasteiger partial charge in [0.15, 0.2) is 11.6 Å². The number of nitrogens with zero attached hydrogens (tertiary/aromatic N) is 3. The third kappa shape index (κ3) is 3.19. The maximum atomic E-state index is 13.5. The summed E-state index contributed by atoms with van der Waals surface area (Å²) in [5, 5.41) is 24.5. The third-order valence-electron chi connectivity index (χ3n) is 5.46. The summed E-state index contributed by atoms with van der Waals surface area (Å²) < 4.78 is 1.67. The Morgan fingerprint density at radius 3 is 2.79 bits per heavy atom. The molecule has 2 aliphatic heterocycles. The van der Waals surface area contributed by atoms with Crippen LogP contribution < -0.4 is 5.32 Å². The molecule has 9 heteroatoms. The highest BCUT2D eigenvalue weighted by Gasteiger charge is 2.51. The van der Waals surface area contributed by atoms with Crippen molar-refractivity contribution in [2.24, 2.45) is 13.0 Å². The lowest BCUT2D eigenvalue weighted by Gasteiger charge is -2.41. The molecule has 0 aliphatic carbocycles. The molecule has 3 heterocycles. The molecule has 2 aromatic rings. The van der Waals surface area contributed by atoms with Crippen LogP contribution in [0.1, 0.15) is 28.4 Å². The molecule has 2 atom stereocenters. The van der Waals surface area contributed by atoms with Crippen LogP contribution in [-0.4, -0.2) is 39.1 Å². The van der Waals surface area contributed by atoms with Gasteiger partial charge in [-0.25, -0.2) is 0 Å². The highest BCUT2D eigenvalue weighted by molar-refractivity contribution is 6.30. The predicted octanol–water partition coefficient (Wildman–Crippen LogP) is 2.99. The Bertz CT molecular complexity index is 1040. The Balaban J connectivity index is 1.95. The van der Waals surface area contributed by atoms with Gasteiger partial charge in [0.2, 0.25) is 0 Å². The number of hydrogen-bond donors (Lipinski definition) is 2. The van der Waals surface area contributed by atoms with Crippen LogP contribution in [-0.2, 0) is 7.05 Å². The first-order valence-corrected chi connectivity index (χ1v) is 9.67. The number of aryl methyl sites for hydroxylation is 1. The lowest BCUT2D eigenvalue weighted by Crippen LogP contribution is -2.54. The minimum Gasteiger partial charge on any atom is -0.366 e. The van der Waals surface area contributed by atoms with Crippen LogP contribution in [0.25, 0.3) is 0 Å². The van der Waals surface area contributed by atoms with Crippen LogP contribution in [0, 0.1) is 21.4 Å². The van der Waals surface area contributed by atoms with Gasteiger partial charge in [0, 0.05) is 31.4 Å². The number of rotatable bonds is 4. The van der Waals surface area contributed by atoms with Crippen molar-refractivity contribution in [2.75, 3.05) is 13.1 Å². The zero-order chi connectivity index (χ0) is 20.7. The molecule has 150 valence electrons. The van der Waals surface area contributed by atoms with Crippen LogP contribution >= 0.6 is 11.6 Å². The Labute approximate surface area is 172 Å². The molecule has 1 aromatic carbocycles. The smallest absolute Gasteiger partial charge is 0.294 e. The second kappa shape index (κ2) is 7.36. The molecule has 4 rings (SSSR count). The van der Waals surface area contributed by atoms with Crippen LogP contribution in [0.5, 0.6) is 0 Å². The SMILES string of the molecule is Cn1cccc1C(=O)C1C(=N)N2CCCNC2=C([N+](=O)[O-])C1c1cccc(Cl)c1. The van der Waals surface area contributed by atoms with Gasteiger partial charge in [0.05, 0.1) is 22.5 Å². The molecule has 2 aliphatic rings. The first-order valence-electron chi connectivity index (χ1n) is 9.29. The Kier molecular flexibility index (Phi) is 4.87. The van der Waals surface area contributed by atoms with Gasteiger partial charge in [-0.05, 0) is 36.2 Å². The van der Waals surface area contributed by atoms with E-state index in [1.807, 2.05) is 0 Å². The number of carbonyl (C=O) groups is 1. The fourth-order valence-electron chi connectivity index (χ4n) is 4.15. The predicted molar refractivity (Wildman–Crippen MR) is 108 cm³/mol. The Morgan fingerprint density at radius 2 is 2.14 bits per heavy atom. The molecule has 1 aromatic heterocycles. The number of nitro groups is 1. The quantitative estimate of drug-likeness (QED) is 0.455. The molecule has 0 bridgehead atoms. The van der Waals surface area contributed by atoms with Crippen molar-refractivity contribution in [2.45, 2.75) is 12.3 Å². The molecule has 0 amide bonds. The number of amidine groups is 1. The number of nitrogens with one attached hydrogen (secondary N) is 2. The van der Waals surface area contributed by atoms with Crippen LogP contribution in [0.2, 0.25) is 5.02 Å². The number of carbonyl (C=O) groups excluding carboxylic acids is 1. The van der Waals surface area contributed by atoms with Crippen molar-refractivity contribution in [3.8, 4) is 0 Å². The van der Waals surface area contributed by atoms with Gasteiger partial charge in [0.1, 0.15) is 5.84 Å². The number of aromatic nitrogens is 1. The van der Waals surface area contributed by atoms with Crippen molar-refractivity contribution in [3.63, 3.8) is 0 Å². The van der Waals surface area contributed by atoms with Crippen LogP contribution in [0.15, 0.2) is 54.1 Å². The van der Waals surface area contributed by atoms with E-state index in [0.717, 1.165) is 6.42 Å². The minimum atomic E-state index is -1.02. The summed E-state index contributed by atoms with van der Waals surface area (Å²) in [4.78, 5) is 26.8. The lowest BCUT2D eigenvalue weighted by molar-refractivity contribution is -0.434.